The Hall–Kier alpha value is -2.13. The zero-order valence-corrected chi connectivity index (χ0v) is 11.7. The van der Waals surface area contributed by atoms with Crippen LogP contribution in [-0.2, 0) is 11.2 Å². The highest BCUT2D eigenvalue weighted by Crippen LogP contribution is 2.21. The molecule has 0 aliphatic heterocycles. The lowest BCUT2D eigenvalue weighted by Gasteiger charge is -2.16. The SMILES string of the molecule is COc1ccccc1C(=O)C(Cc1ccccc1)OC. The van der Waals surface area contributed by atoms with Gasteiger partial charge in [0, 0.05) is 13.5 Å². The molecule has 0 aliphatic carbocycles. The number of para-hydroxylation sites is 1. The van der Waals surface area contributed by atoms with Crippen LogP contribution in [0.15, 0.2) is 54.6 Å². The molecular weight excluding hydrogens is 252 g/mol. The van der Waals surface area contributed by atoms with Crippen LogP contribution in [0.25, 0.3) is 0 Å². The van der Waals surface area contributed by atoms with Crippen molar-refractivity contribution in [3.63, 3.8) is 0 Å². The van der Waals surface area contributed by atoms with Gasteiger partial charge in [-0.1, -0.05) is 42.5 Å². The van der Waals surface area contributed by atoms with Gasteiger partial charge in [0.05, 0.1) is 12.7 Å². The summed E-state index contributed by atoms with van der Waals surface area (Å²) in [5.74, 6) is 0.515. The second-order valence-electron chi connectivity index (χ2n) is 4.48. The lowest BCUT2D eigenvalue weighted by Crippen LogP contribution is -2.26. The number of carbonyl (C=O) groups is 1. The smallest absolute Gasteiger partial charge is 0.195 e. The van der Waals surface area contributed by atoms with Crippen molar-refractivity contribution in [3.8, 4) is 5.75 Å². The van der Waals surface area contributed by atoms with Crippen molar-refractivity contribution in [1.29, 1.82) is 0 Å². The Bertz CT molecular complexity index is 563. The van der Waals surface area contributed by atoms with E-state index in [2.05, 4.69) is 0 Å². The van der Waals surface area contributed by atoms with Gasteiger partial charge >= 0.3 is 0 Å². The molecule has 0 saturated heterocycles. The molecule has 0 saturated carbocycles. The predicted octanol–water partition coefficient (Wildman–Crippen LogP) is 3.14. The molecule has 0 amide bonds. The zero-order chi connectivity index (χ0) is 14.4. The highest BCUT2D eigenvalue weighted by Gasteiger charge is 2.22. The second kappa shape index (κ2) is 6.87. The Morgan fingerprint density at radius 3 is 2.30 bits per heavy atom. The highest BCUT2D eigenvalue weighted by molar-refractivity contribution is 6.02. The first-order valence-electron chi connectivity index (χ1n) is 6.50. The molecule has 2 aromatic carbocycles. The van der Waals surface area contributed by atoms with Gasteiger partial charge in [0.2, 0.25) is 0 Å². The lowest BCUT2D eigenvalue weighted by molar-refractivity contribution is 0.0604. The number of carbonyl (C=O) groups excluding carboxylic acids is 1. The average molecular weight is 270 g/mol. The summed E-state index contributed by atoms with van der Waals surface area (Å²) >= 11 is 0. The van der Waals surface area contributed by atoms with Crippen molar-refractivity contribution in [2.24, 2.45) is 0 Å². The molecule has 3 nitrogen and oxygen atoms in total. The molecule has 0 heterocycles. The summed E-state index contributed by atoms with van der Waals surface area (Å²) in [7, 11) is 3.12. The summed E-state index contributed by atoms with van der Waals surface area (Å²) in [5.41, 5.74) is 1.63. The fourth-order valence-corrected chi connectivity index (χ4v) is 2.13. The Balaban J connectivity index is 2.21. The van der Waals surface area contributed by atoms with Crippen LogP contribution in [0.5, 0.6) is 5.75 Å². The first-order valence-corrected chi connectivity index (χ1v) is 6.50. The van der Waals surface area contributed by atoms with Gasteiger partial charge < -0.3 is 9.47 Å². The number of ketones is 1. The molecule has 0 bridgehead atoms. The fourth-order valence-electron chi connectivity index (χ4n) is 2.13. The van der Waals surface area contributed by atoms with Crippen LogP contribution >= 0.6 is 0 Å². The van der Waals surface area contributed by atoms with E-state index in [0.717, 1.165) is 5.56 Å². The van der Waals surface area contributed by atoms with Gasteiger partial charge in [0.25, 0.3) is 0 Å². The van der Waals surface area contributed by atoms with Gasteiger partial charge in [-0.2, -0.15) is 0 Å². The van der Waals surface area contributed by atoms with Crippen molar-refractivity contribution in [2.45, 2.75) is 12.5 Å². The van der Waals surface area contributed by atoms with Gasteiger partial charge in [0.1, 0.15) is 11.9 Å². The third-order valence-corrected chi connectivity index (χ3v) is 3.21. The highest BCUT2D eigenvalue weighted by atomic mass is 16.5. The molecular formula is C17H18O3. The number of ether oxygens (including phenoxy) is 2. The molecule has 0 radical (unpaired) electrons. The minimum absolute atomic E-state index is 0.0613. The van der Waals surface area contributed by atoms with E-state index in [4.69, 9.17) is 9.47 Å². The molecule has 2 rings (SSSR count). The topological polar surface area (TPSA) is 35.5 Å². The molecule has 3 heteroatoms. The molecule has 0 spiro atoms. The maximum Gasteiger partial charge on any atom is 0.195 e. The lowest BCUT2D eigenvalue weighted by atomic mass is 9.99. The number of Topliss-reactive ketones (excluding diaryl/α,β-unsaturated/α-hetero) is 1. The number of hydrogen-bond acceptors (Lipinski definition) is 3. The molecule has 2 aromatic rings. The number of hydrogen-bond donors (Lipinski definition) is 0. The third-order valence-electron chi connectivity index (χ3n) is 3.21. The molecule has 0 aliphatic rings. The Morgan fingerprint density at radius 1 is 1.00 bits per heavy atom. The van der Waals surface area contributed by atoms with E-state index < -0.39 is 6.10 Å². The molecule has 1 unspecified atom stereocenters. The van der Waals surface area contributed by atoms with Crippen molar-refractivity contribution in [1.82, 2.24) is 0 Å². The normalized spacial score (nSPS) is 11.9. The fraction of sp³-hybridized carbons (Fsp3) is 0.235. The van der Waals surface area contributed by atoms with E-state index in [0.29, 0.717) is 17.7 Å². The van der Waals surface area contributed by atoms with Crippen LogP contribution in [0.3, 0.4) is 0 Å². The van der Waals surface area contributed by atoms with Crippen LogP contribution in [0.1, 0.15) is 15.9 Å². The Kier molecular flexibility index (Phi) is 4.91. The van der Waals surface area contributed by atoms with Crippen molar-refractivity contribution >= 4 is 5.78 Å². The Morgan fingerprint density at radius 2 is 1.65 bits per heavy atom. The van der Waals surface area contributed by atoms with E-state index in [-0.39, 0.29) is 5.78 Å². The third kappa shape index (κ3) is 3.25. The van der Waals surface area contributed by atoms with Gasteiger partial charge in [-0.25, -0.2) is 0 Å². The van der Waals surface area contributed by atoms with E-state index in [1.54, 1.807) is 26.4 Å². The van der Waals surface area contributed by atoms with Crippen molar-refractivity contribution in [3.05, 3.63) is 65.7 Å². The molecule has 104 valence electrons. The molecule has 0 N–H and O–H groups in total. The van der Waals surface area contributed by atoms with Crippen LogP contribution in [-0.4, -0.2) is 26.1 Å². The summed E-state index contributed by atoms with van der Waals surface area (Å²) < 4.78 is 10.6. The van der Waals surface area contributed by atoms with Crippen LogP contribution in [0.2, 0.25) is 0 Å². The quantitative estimate of drug-likeness (QED) is 0.756. The van der Waals surface area contributed by atoms with Crippen LogP contribution < -0.4 is 4.74 Å². The molecule has 1 atom stereocenters. The minimum Gasteiger partial charge on any atom is -0.496 e. The summed E-state index contributed by atoms with van der Waals surface area (Å²) in [5, 5.41) is 0. The van der Waals surface area contributed by atoms with E-state index in [9.17, 15) is 4.79 Å². The second-order valence-corrected chi connectivity index (χ2v) is 4.48. The molecule has 0 fully saturated rings. The number of rotatable bonds is 6. The van der Waals surface area contributed by atoms with Gasteiger partial charge in [0.15, 0.2) is 5.78 Å². The maximum atomic E-state index is 12.6. The van der Waals surface area contributed by atoms with Crippen LogP contribution in [0.4, 0.5) is 0 Å². The van der Waals surface area contributed by atoms with Crippen LogP contribution in [0, 0.1) is 0 Å². The molecule has 20 heavy (non-hydrogen) atoms. The van der Waals surface area contributed by atoms with Gasteiger partial charge in [-0.05, 0) is 17.7 Å². The number of methoxy groups -OCH3 is 2. The van der Waals surface area contributed by atoms with E-state index in [1.165, 1.54) is 0 Å². The summed E-state index contributed by atoms with van der Waals surface area (Å²) in [6.07, 6.45) is 0.0440. The first-order chi connectivity index (χ1) is 9.76. The summed E-state index contributed by atoms with van der Waals surface area (Å²) in [6, 6.07) is 17.0. The minimum atomic E-state index is -0.506. The average Bonchev–Trinajstić information content (AvgIpc) is 2.53. The monoisotopic (exact) mass is 270 g/mol. The summed E-state index contributed by atoms with van der Waals surface area (Å²) in [6.45, 7) is 0. The summed E-state index contributed by atoms with van der Waals surface area (Å²) in [4.78, 5) is 12.6. The van der Waals surface area contributed by atoms with Crippen molar-refractivity contribution < 1.29 is 14.3 Å². The molecule has 0 aromatic heterocycles. The first kappa shape index (κ1) is 14.3. The number of benzene rings is 2. The Labute approximate surface area is 119 Å². The zero-order valence-electron chi connectivity index (χ0n) is 11.7. The van der Waals surface area contributed by atoms with E-state index in [1.807, 2.05) is 42.5 Å². The predicted molar refractivity (Wildman–Crippen MR) is 78.3 cm³/mol. The maximum absolute atomic E-state index is 12.6. The van der Waals surface area contributed by atoms with E-state index >= 15 is 0 Å². The van der Waals surface area contributed by atoms with Gasteiger partial charge in [-0.15, -0.1) is 0 Å². The standard InChI is InChI=1S/C17H18O3/c1-19-15-11-7-6-10-14(15)17(18)16(20-2)12-13-8-4-3-5-9-13/h3-11,16H,12H2,1-2H3. The van der Waals surface area contributed by atoms with Gasteiger partial charge in [-0.3, -0.25) is 4.79 Å². The van der Waals surface area contributed by atoms with Crippen molar-refractivity contribution in [2.75, 3.05) is 14.2 Å². The largest absolute Gasteiger partial charge is 0.496 e.